The van der Waals surface area contributed by atoms with Crippen molar-refractivity contribution in [2.75, 3.05) is 13.2 Å². The minimum atomic E-state index is -0.926. The quantitative estimate of drug-likeness (QED) is 0.802. The molecule has 2 aromatic rings. The van der Waals surface area contributed by atoms with Crippen LogP contribution in [0.25, 0.3) is 0 Å². The maximum Gasteiger partial charge on any atom is 0.508 e. The zero-order valence-electron chi connectivity index (χ0n) is 12.0. The standard InChI is InChI=1S/C17H18O5/c18-15(13-7-3-1-4-8-13)11-21-17(20)22-12-16(19)14-9-5-2-6-10-14/h1-10,15-16,18-19H,11-12H2. The molecule has 2 unspecified atom stereocenters. The highest BCUT2D eigenvalue weighted by atomic mass is 16.7. The SMILES string of the molecule is O=C(OCC(O)c1ccccc1)OCC(O)c1ccccc1. The van der Waals surface area contributed by atoms with Gasteiger partial charge in [-0.3, -0.25) is 0 Å². The number of hydrogen-bond acceptors (Lipinski definition) is 5. The van der Waals surface area contributed by atoms with Crippen molar-refractivity contribution in [1.29, 1.82) is 0 Å². The van der Waals surface area contributed by atoms with Crippen LogP contribution >= 0.6 is 0 Å². The Morgan fingerprint density at radius 1 is 0.773 bits per heavy atom. The Bertz CT molecular complexity index is 519. The molecule has 0 aliphatic carbocycles. The molecule has 0 aliphatic rings. The van der Waals surface area contributed by atoms with E-state index >= 15 is 0 Å². The molecule has 2 atom stereocenters. The minimum Gasteiger partial charge on any atom is -0.431 e. The fourth-order valence-corrected chi connectivity index (χ4v) is 1.88. The fraction of sp³-hybridized carbons (Fsp3) is 0.235. The predicted octanol–water partition coefficient (Wildman–Crippen LogP) is 2.61. The molecular weight excluding hydrogens is 284 g/mol. The van der Waals surface area contributed by atoms with Gasteiger partial charge in [-0.1, -0.05) is 60.7 Å². The first-order valence-corrected chi connectivity index (χ1v) is 6.92. The lowest BCUT2D eigenvalue weighted by Crippen LogP contribution is -2.17. The van der Waals surface area contributed by atoms with Crippen LogP contribution in [0.15, 0.2) is 60.7 Å². The van der Waals surface area contributed by atoms with Gasteiger partial charge in [0.25, 0.3) is 0 Å². The number of carbonyl (C=O) groups is 1. The highest BCUT2D eigenvalue weighted by molar-refractivity contribution is 5.59. The number of rotatable bonds is 6. The second-order valence-corrected chi connectivity index (χ2v) is 4.72. The Morgan fingerprint density at radius 2 is 1.14 bits per heavy atom. The van der Waals surface area contributed by atoms with E-state index in [9.17, 15) is 15.0 Å². The van der Waals surface area contributed by atoms with Gasteiger partial charge in [0, 0.05) is 0 Å². The number of aliphatic hydroxyl groups is 2. The second-order valence-electron chi connectivity index (χ2n) is 4.72. The van der Waals surface area contributed by atoms with Crippen molar-refractivity contribution in [3.8, 4) is 0 Å². The summed E-state index contributed by atoms with van der Waals surface area (Å²) >= 11 is 0. The van der Waals surface area contributed by atoms with E-state index in [0.717, 1.165) is 0 Å². The normalized spacial score (nSPS) is 13.2. The van der Waals surface area contributed by atoms with Gasteiger partial charge in [-0.15, -0.1) is 0 Å². The number of carbonyl (C=O) groups excluding carboxylic acids is 1. The van der Waals surface area contributed by atoms with Crippen molar-refractivity contribution in [1.82, 2.24) is 0 Å². The number of hydrogen-bond donors (Lipinski definition) is 2. The molecule has 0 radical (unpaired) electrons. The summed E-state index contributed by atoms with van der Waals surface area (Å²) in [6, 6.07) is 17.7. The first-order chi connectivity index (χ1) is 10.7. The van der Waals surface area contributed by atoms with E-state index in [2.05, 4.69) is 0 Å². The first-order valence-electron chi connectivity index (χ1n) is 6.92. The van der Waals surface area contributed by atoms with E-state index in [4.69, 9.17) is 9.47 Å². The summed E-state index contributed by atoms with van der Waals surface area (Å²) < 4.78 is 9.64. The van der Waals surface area contributed by atoms with E-state index in [0.29, 0.717) is 11.1 Å². The van der Waals surface area contributed by atoms with Crippen LogP contribution < -0.4 is 0 Å². The van der Waals surface area contributed by atoms with Crippen LogP contribution in [0, 0.1) is 0 Å². The molecule has 5 nitrogen and oxygen atoms in total. The van der Waals surface area contributed by atoms with E-state index in [1.165, 1.54) is 0 Å². The molecule has 5 heteroatoms. The van der Waals surface area contributed by atoms with Crippen LogP contribution in [0.5, 0.6) is 0 Å². The Balaban J connectivity index is 1.72. The summed E-state index contributed by atoms with van der Waals surface area (Å²) in [5.41, 5.74) is 1.30. The first kappa shape index (κ1) is 16.0. The fourth-order valence-electron chi connectivity index (χ4n) is 1.88. The Kier molecular flexibility index (Phi) is 5.94. The van der Waals surface area contributed by atoms with Gasteiger partial charge >= 0.3 is 6.16 Å². The van der Waals surface area contributed by atoms with Gasteiger partial charge in [0.2, 0.25) is 0 Å². The maximum atomic E-state index is 11.4. The van der Waals surface area contributed by atoms with Gasteiger partial charge in [0.1, 0.15) is 25.4 Å². The minimum absolute atomic E-state index is 0.204. The van der Waals surface area contributed by atoms with Gasteiger partial charge in [-0.25, -0.2) is 4.79 Å². The summed E-state index contributed by atoms with van der Waals surface area (Å²) in [4.78, 5) is 11.4. The van der Waals surface area contributed by atoms with Crippen molar-refractivity contribution in [3.05, 3.63) is 71.8 Å². The van der Waals surface area contributed by atoms with Gasteiger partial charge in [-0.2, -0.15) is 0 Å². The lowest BCUT2D eigenvalue weighted by atomic mass is 10.1. The third-order valence-electron chi connectivity index (χ3n) is 3.09. The third kappa shape index (κ3) is 4.87. The Hall–Kier alpha value is -2.37. The lowest BCUT2D eigenvalue weighted by molar-refractivity contribution is -0.00287. The van der Waals surface area contributed by atoms with Crippen LogP contribution in [0.1, 0.15) is 23.3 Å². The molecule has 0 aromatic heterocycles. The average molecular weight is 302 g/mol. The molecule has 2 N–H and O–H groups in total. The van der Waals surface area contributed by atoms with Crippen molar-refractivity contribution in [3.63, 3.8) is 0 Å². The van der Waals surface area contributed by atoms with Crippen LogP contribution in [-0.2, 0) is 9.47 Å². The van der Waals surface area contributed by atoms with E-state index < -0.39 is 18.4 Å². The summed E-state index contributed by atoms with van der Waals surface area (Å²) in [7, 11) is 0. The predicted molar refractivity (Wildman–Crippen MR) is 80.1 cm³/mol. The Morgan fingerprint density at radius 3 is 1.50 bits per heavy atom. The van der Waals surface area contributed by atoms with Crippen molar-refractivity contribution >= 4 is 6.16 Å². The van der Waals surface area contributed by atoms with Gasteiger partial charge in [-0.05, 0) is 11.1 Å². The number of aliphatic hydroxyl groups excluding tert-OH is 2. The molecule has 0 saturated heterocycles. The van der Waals surface area contributed by atoms with E-state index in [1.807, 2.05) is 12.1 Å². The molecule has 0 spiro atoms. The summed E-state index contributed by atoms with van der Waals surface area (Å²) in [5.74, 6) is 0. The maximum absolute atomic E-state index is 11.4. The molecule has 116 valence electrons. The van der Waals surface area contributed by atoms with Crippen molar-refractivity contribution in [2.24, 2.45) is 0 Å². The molecule has 0 bridgehead atoms. The van der Waals surface area contributed by atoms with Gasteiger partial charge in [0.15, 0.2) is 0 Å². The van der Waals surface area contributed by atoms with Crippen LogP contribution in [0.2, 0.25) is 0 Å². The number of ether oxygens (including phenoxy) is 2. The summed E-state index contributed by atoms with van der Waals surface area (Å²) in [6.45, 7) is -0.408. The molecular formula is C17H18O5. The lowest BCUT2D eigenvalue weighted by Gasteiger charge is -2.13. The highest BCUT2D eigenvalue weighted by Gasteiger charge is 2.14. The van der Waals surface area contributed by atoms with Gasteiger partial charge in [0.05, 0.1) is 0 Å². The monoisotopic (exact) mass is 302 g/mol. The zero-order chi connectivity index (χ0) is 15.8. The van der Waals surface area contributed by atoms with Crippen LogP contribution in [0.4, 0.5) is 4.79 Å². The van der Waals surface area contributed by atoms with Crippen molar-refractivity contribution in [2.45, 2.75) is 12.2 Å². The molecule has 0 fully saturated rings. The second kappa shape index (κ2) is 8.17. The molecule has 2 rings (SSSR count). The molecule has 0 aliphatic heterocycles. The van der Waals surface area contributed by atoms with E-state index in [1.54, 1.807) is 48.5 Å². The van der Waals surface area contributed by atoms with Gasteiger partial charge < -0.3 is 19.7 Å². The number of benzene rings is 2. The largest absolute Gasteiger partial charge is 0.508 e. The Labute approximate surface area is 128 Å². The van der Waals surface area contributed by atoms with Crippen molar-refractivity contribution < 1.29 is 24.5 Å². The molecule has 2 aromatic carbocycles. The smallest absolute Gasteiger partial charge is 0.431 e. The van der Waals surface area contributed by atoms with E-state index in [-0.39, 0.29) is 13.2 Å². The average Bonchev–Trinajstić information content (AvgIpc) is 2.59. The topological polar surface area (TPSA) is 76.0 Å². The summed E-state index contributed by atoms with van der Waals surface area (Å²) in [6.07, 6.45) is -2.74. The molecule has 0 saturated carbocycles. The summed E-state index contributed by atoms with van der Waals surface area (Å²) in [5, 5.41) is 19.7. The van der Waals surface area contributed by atoms with Crippen LogP contribution in [0.3, 0.4) is 0 Å². The molecule has 0 heterocycles. The van der Waals surface area contributed by atoms with Crippen LogP contribution in [-0.4, -0.2) is 29.6 Å². The third-order valence-corrected chi connectivity index (χ3v) is 3.09. The molecule has 0 amide bonds. The highest BCUT2D eigenvalue weighted by Crippen LogP contribution is 2.14. The zero-order valence-corrected chi connectivity index (χ0v) is 12.0. The molecule has 22 heavy (non-hydrogen) atoms.